The van der Waals surface area contributed by atoms with Crippen LogP contribution in [0.15, 0.2) is 47.5 Å². The average Bonchev–Trinajstić information content (AvgIpc) is 3.04. The molecular formula is C19H19N3O3. The summed E-state index contributed by atoms with van der Waals surface area (Å²) in [5.74, 6) is 2.25. The number of anilines is 1. The molecule has 2 aromatic carbocycles. The minimum Gasteiger partial charge on any atom is -0.497 e. The maximum absolute atomic E-state index is 11.9. The van der Waals surface area contributed by atoms with E-state index in [1.54, 1.807) is 14.2 Å². The van der Waals surface area contributed by atoms with Crippen LogP contribution >= 0.6 is 0 Å². The normalized spacial score (nSPS) is 15.6. The van der Waals surface area contributed by atoms with Crippen LogP contribution in [0.1, 0.15) is 11.1 Å². The highest BCUT2D eigenvalue weighted by Gasteiger charge is 2.34. The van der Waals surface area contributed by atoms with Gasteiger partial charge in [-0.3, -0.25) is 4.79 Å². The van der Waals surface area contributed by atoms with E-state index in [2.05, 4.69) is 9.89 Å². The van der Waals surface area contributed by atoms with E-state index in [9.17, 15) is 4.79 Å². The Bertz CT molecular complexity index is 845. The van der Waals surface area contributed by atoms with Gasteiger partial charge in [0.05, 0.1) is 14.2 Å². The van der Waals surface area contributed by atoms with Crippen molar-refractivity contribution < 1.29 is 14.3 Å². The number of ether oxygens (including phenoxy) is 2. The van der Waals surface area contributed by atoms with Gasteiger partial charge in [-0.2, -0.15) is 4.99 Å². The molecule has 0 saturated carbocycles. The molecule has 0 aliphatic carbocycles. The quantitative estimate of drug-likeness (QED) is 0.858. The largest absolute Gasteiger partial charge is 0.497 e. The van der Waals surface area contributed by atoms with Gasteiger partial charge in [-0.05, 0) is 41.5 Å². The van der Waals surface area contributed by atoms with Crippen LogP contribution in [-0.2, 0) is 17.9 Å². The van der Waals surface area contributed by atoms with Crippen molar-refractivity contribution in [2.45, 2.75) is 13.1 Å². The third-order valence-electron chi connectivity index (χ3n) is 4.51. The van der Waals surface area contributed by atoms with E-state index in [0.717, 1.165) is 34.3 Å². The molecule has 25 heavy (non-hydrogen) atoms. The fraction of sp³-hybridized carbons (Fsp3) is 0.263. The Hall–Kier alpha value is -3.02. The number of hydrogen-bond donors (Lipinski definition) is 0. The van der Waals surface area contributed by atoms with Gasteiger partial charge in [-0.25, -0.2) is 0 Å². The lowest BCUT2D eigenvalue weighted by Crippen LogP contribution is -2.45. The molecule has 0 fully saturated rings. The number of guanidine groups is 1. The molecule has 0 spiro atoms. The fourth-order valence-corrected chi connectivity index (χ4v) is 3.28. The molecule has 0 aromatic heterocycles. The number of aliphatic imine (C=N–C) groups is 1. The van der Waals surface area contributed by atoms with Crippen molar-refractivity contribution in [1.82, 2.24) is 4.90 Å². The SMILES string of the molecule is COc1ccc(CN2Cc3cc(OC)ccc3N3CC(=O)N=C23)cc1. The Morgan fingerprint density at radius 1 is 1.00 bits per heavy atom. The number of benzene rings is 2. The average molecular weight is 337 g/mol. The second-order valence-electron chi connectivity index (χ2n) is 6.09. The lowest BCUT2D eigenvalue weighted by atomic mass is 10.1. The van der Waals surface area contributed by atoms with Gasteiger partial charge in [0.25, 0.3) is 5.91 Å². The first-order valence-electron chi connectivity index (χ1n) is 8.12. The molecule has 128 valence electrons. The number of fused-ring (bicyclic) bond motifs is 3. The molecule has 0 unspecified atom stereocenters. The number of amides is 1. The van der Waals surface area contributed by atoms with E-state index in [0.29, 0.717) is 13.1 Å². The summed E-state index contributed by atoms with van der Waals surface area (Å²) >= 11 is 0. The first kappa shape index (κ1) is 15.5. The van der Waals surface area contributed by atoms with Crippen molar-refractivity contribution in [3.63, 3.8) is 0 Å². The molecular weight excluding hydrogens is 318 g/mol. The van der Waals surface area contributed by atoms with E-state index >= 15 is 0 Å². The van der Waals surface area contributed by atoms with E-state index in [-0.39, 0.29) is 12.5 Å². The Balaban J connectivity index is 1.66. The van der Waals surface area contributed by atoms with Gasteiger partial charge >= 0.3 is 0 Å². The molecule has 0 N–H and O–H groups in total. The summed E-state index contributed by atoms with van der Waals surface area (Å²) in [6.07, 6.45) is 0. The lowest BCUT2D eigenvalue weighted by Gasteiger charge is -2.37. The second kappa shape index (κ2) is 6.12. The van der Waals surface area contributed by atoms with Crippen molar-refractivity contribution in [3.8, 4) is 11.5 Å². The fourth-order valence-electron chi connectivity index (χ4n) is 3.28. The molecule has 4 rings (SSSR count). The molecule has 6 heteroatoms. The van der Waals surface area contributed by atoms with Crippen molar-refractivity contribution >= 4 is 17.6 Å². The van der Waals surface area contributed by atoms with E-state index in [1.165, 1.54) is 0 Å². The summed E-state index contributed by atoms with van der Waals surface area (Å²) in [5.41, 5.74) is 3.28. The van der Waals surface area contributed by atoms with E-state index in [4.69, 9.17) is 9.47 Å². The minimum atomic E-state index is -0.113. The molecule has 0 saturated heterocycles. The number of rotatable bonds is 4. The molecule has 2 aliphatic rings. The zero-order valence-corrected chi connectivity index (χ0v) is 14.2. The van der Waals surface area contributed by atoms with Gasteiger partial charge in [0.15, 0.2) is 0 Å². The van der Waals surface area contributed by atoms with Crippen LogP contribution in [-0.4, -0.2) is 37.5 Å². The zero-order chi connectivity index (χ0) is 17.4. The summed E-state index contributed by atoms with van der Waals surface area (Å²) in [6.45, 7) is 1.64. The molecule has 1 amide bonds. The van der Waals surface area contributed by atoms with Gasteiger partial charge in [0.2, 0.25) is 5.96 Å². The first-order chi connectivity index (χ1) is 12.2. The number of carbonyl (C=O) groups is 1. The Labute approximate surface area is 146 Å². The highest BCUT2D eigenvalue weighted by Crippen LogP contribution is 2.34. The molecule has 2 aliphatic heterocycles. The van der Waals surface area contributed by atoms with Crippen LogP contribution in [0.5, 0.6) is 11.5 Å². The monoisotopic (exact) mass is 337 g/mol. The molecule has 2 aromatic rings. The summed E-state index contributed by atoms with van der Waals surface area (Å²) in [6, 6.07) is 13.9. The first-order valence-corrected chi connectivity index (χ1v) is 8.12. The molecule has 0 radical (unpaired) electrons. The predicted molar refractivity (Wildman–Crippen MR) is 95.0 cm³/mol. The number of hydrogen-bond acceptors (Lipinski definition) is 5. The summed E-state index contributed by atoms with van der Waals surface area (Å²) < 4.78 is 10.6. The Kier molecular flexibility index (Phi) is 3.80. The van der Waals surface area contributed by atoms with Crippen LogP contribution in [0.3, 0.4) is 0 Å². The summed E-state index contributed by atoms with van der Waals surface area (Å²) in [5, 5.41) is 0. The lowest BCUT2D eigenvalue weighted by molar-refractivity contribution is -0.115. The molecule has 0 atom stereocenters. The third-order valence-corrected chi connectivity index (χ3v) is 4.51. The van der Waals surface area contributed by atoms with E-state index < -0.39 is 0 Å². The Morgan fingerprint density at radius 2 is 1.72 bits per heavy atom. The van der Waals surface area contributed by atoms with Crippen molar-refractivity contribution in [2.24, 2.45) is 4.99 Å². The van der Waals surface area contributed by atoms with Crippen LogP contribution in [0.2, 0.25) is 0 Å². The van der Waals surface area contributed by atoms with Crippen LogP contribution in [0.25, 0.3) is 0 Å². The van der Waals surface area contributed by atoms with Crippen molar-refractivity contribution in [3.05, 3.63) is 53.6 Å². The molecule has 0 bridgehead atoms. The highest BCUT2D eigenvalue weighted by molar-refractivity contribution is 6.12. The number of carbonyl (C=O) groups excluding carboxylic acids is 1. The van der Waals surface area contributed by atoms with Crippen molar-refractivity contribution in [1.29, 1.82) is 0 Å². The van der Waals surface area contributed by atoms with Gasteiger partial charge < -0.3 is 19.3 Å². The number of nitrogens with zero attached hydrogens (tertiary/aromatic N) is 3. The van der Waals surface area contributed by atoms with E-state index in [1.807, 2.05) is 47.4 Å². The standard InChI is InChI=1S/C19H19N3O3/c1-24-15-5-3-13(4-6-15)10-21-11-14-9-16(25-2)7-8-17(14)22-12-18(23)20-19(21)22/h3-9H,10-12H2,1-2H3. The predicted octanol–water partition coefficient (Wildman–Crippen LogP) is 2.42. The molecule has 2 heterocycles. The van der Waals surface area contributed by atoms with Gasteiger partial charge in [-0.15, -0.1) is 0 Å². The number of methoxy groups -OCH3 is 2. The van der Waals surface area contributed by atoms with Gasteiger partial charge in [-0.1, -0.05) is 12.1 Å². The van der Waals surface area contributed by atoms with Crippen LogP contribution in [0.4, 0.5) is 5.69 Å². The summed E-state index contributed by atoms with van der Waals surface area (Å²) in [7, 11) is 3.31. The van der Waals surface area contributed by atoms with Crippen molar-refractivity contribution in [2.75, 3.05) is 25.7 Å². The van der Waals surface area contributed by atoms with Crippen LogP contribution in [0, 0.1) is 0 Å². The second-order valence-corrected chi connectivity index (χ2v) is 6.09. The maximum atomic E-state index is 11.9. The minimum absolute atomic E-state index is 0.113. The van der Waals surface area contributed by atoms with Crippen LogP contribution < -0.4 is 14.4 Å². The zero-order valence-electron chi connectivity index (χ0n) is 14.2. The highest BCUT2D eigenvalue weighted by atomic mass is 16.5. The topological polar surface area (TPSA) is 54.4 Å². The smallest absolute Gasteiger partial charge is 0.268 e. The summed E-state index contributed by atoms with van der Waals surface area (Å²) in [4.78, 5) is 20.3. The van der Waals surface area contributed by atoms with Gasteiger partial charge in [0.1, 0.15) is 18.0 Å². The van der Waals surface area contributed by atoms with Gasteiger partial charge in [0, 0.05) is 18.8 Å². The third kappa shape index (κ3) is 2.80. The maximum Gasteiger partial charge on any atom is 0.268 e. The Morgan fingerprint density at radius 3 is 2.44 bits per heavy atom. The molecule has 6 nitrogen and oxygen atoms in total.